The summed E-state index contributed by atoms with van der Waals surface area (Å²) in [5.41, 5.74) is -0.680. The van der Waals surface area contributed by atoms with Crippen molar-refractivity contribution in [1.82, 2.24) is 10.2 Å². The van der Waals surface area contributed by atoms with Gasteiger partial charge in [0.25, 0.3) is 0 Å². The van der Waals surface area contributed by atoms with Crippen LogP contribution in [0.5, 0.6) is 0 Å². The summed E-state index contributed by atoms with van der Waals surface area (Å²) in [6.45, 7) is 5.82. The lowest BCUT2D eigenvalue weighted by Crippen LogP contribution is -2.70. The van der Waals surface area contributed by atoms with Gasteiger partial charge in [0.05, 0.1) is 0 Å². The minimum Gasteiger partial charge on any atom is -0.340 e. The SMILES string of the molecule is CCC1(CC)NC(=O)C(C)N(C2CCC(SC)C2)C1=O. The molecule has 2 amide bonds. The van der Waals surface area contributed by atoms with Crippen molar-refractivity contribution in [2.75, 3.05) is 6.26 Å². The molecular weight excluding hydrogens is 272 g/mol. The summed E-state index contributed by atoms with van der Waals surface area (Å²) >= 11 is 1.88. The van der Waals surface area contributed by atoms with Gasteiger partial charge in [-0.25, -0.2) is 0 Å². The van der Waals surface area contributed by atoms with E-state index in [2.05, 4.69) is 11.6 Å². The molecule has 114 valence electrons. The van der Waals surface area contributed by atoms with Gasteiger partial charge in [0.15, 0.2) is 0 Å². The zero-order valence-corrected chi connectivity index (χ0v) is 13.8. The summed E-state index contributed by atoms with van der Waals surface area (Å²) in [4.78, 5) is 27.1. The van der Waals surface area contributed by atoms with Crippen LogP contribution in [-0.4, -0.2) is 45.8 Å². The van der Waals surface area contributed by atoms with Gasteiger partial charge >= 0.3 is 0 Å². The van der Waals surface area contributed by atoms with Crippen LogP contribution in [0, 0.1) is 0 Å². The molecule has 0 aromatic rings. The fourth-order valence-electron chi connectivity index (χ4n) is 3.54. The maximum Gasteiger partial charge on any atom is 0.249 e. The highest BCUT2D eigenvalue weighted by Crippen LogP contribution is 2.36. The van der Waals surface area contributed by atoms with Crippen molar-refractivity contribution in [2.45, 2.75) is 75.7 Å². The quantitative estimate of drug-likeness (QED) is 0.865. The van der Waals surface area contributed by atoms with E-state index in [1.165, 1.54) is 0 Å². The molecule has 4 nitrogen and oxygen atoms in total. The summed E-state index contributed by atoms with van der Waals surface area (Å²) < 4.78 is 0. The average molecular weight is 298 g/mol. The monoisotopic (exact) mass is 298 g/mol. The predicted molar refractivity (Wildman–Crippen MR) is 82.7 cm³/mol. The Balaban J connectivity index is 2.25. The van der Waals surface area contributed by atoms with Crippen LogP contribution in [0.1, 0.15) is 52.9 Å². The first-order valence-electron chi connectivity index (χ1n) is 7.66. The van der Waals surface area contributed by atoms with E-state index in [0.717, 1.165) is 19.3 Å². The van der Waals surface area contributed by atoms with Gasteiger partial charge in [-0.2, -0.15) is 11.8 Å². The molecular formula is C15H26N2O2S. The van der Waals surface area contributed by atoms with Crippen molar-refractivity contribution in [2.24, 2.45) is 0 Å². The smallest absolute Gasteiger partial charge is 0.249 e. The molecule has 2 rings (SSSR count). The van der Waals surface area contributed by atoms with Crippen LogP contribution in [0.2, 0.25) is 0 Å². The maximum atomic E-state index is 13.0. The van der Waals surface area contributed by atoms with E-state index >= 15 is 0 Å². The molecule has 2 fully saturated rings. The second kappa shape index (κ2) is 5.96. The third-order valence-electron chi connectivity index (χ3n) is 5.09. The Hall–Kier alpha value is -0.710. The summed E-state index contributed by atoms with van der Waals surface area (Å²) in [6, 6.07) is -0.0993. The Morgan fingerprint density at radius 3 is 2.45 bits per heavy atom. The van der Waals surface area contributed by atoms with Crippen molar-refractivity contribution in [3.05, 3.63) is 0 Å². The van der Waals surface area contributed by atoms with E-state index in [-0.39, 0.29) is 23.9 Å². The normalized spacial score (nSPS) is 33.4. The molecule has 20 heavy (non-hydrogen) atoms. The predicted octanol–water partition coefficient (Wildman–Crippen LogP) is 2.18. The number of rotatable bonds is 4. The van der Waals surface area contributed by atoms with Gasteiger partial charge in [-0.15, -0.1) is 0 Å². The highest BCUT2D eigenvalue weighted by molar-refractivity contribution is 7.99. The summed E-state index contributed by atoms with van der Waals surface area (Å²) in [7, 11) is 0. The van der Waals surface area contributed by atoms with Crippen molar-refractivity contribution in [1.29, 1.82) is 0 Å². The Kier molecular flexibility index (Phi) is 4.67. The second-order valence-corrected chi connectivity index (χ2v) is 7.13. The molecule has 0 spiro atoms. The van der Waals surface area contributed by atoms with Gasteiger partial charge in [0, 0.05) is 11.3 Å². The van der Waals surface area contributed by atoms with Gasteiger partial charge in [-0.3, -0.25) is 9.59 Å². The molecule has 1 saturated carbocycles. The first-order valence-corrected chi connectivity index (χ1v) is 8.95. The third kappa shape index (κ3) is 2.45. The Morgan fingerprint density at radius 2 is 1.95 bits per heavy atom. The van der Waals surface area contributed by atoms with Crippen molar-refractivity contribution < 1.29 is 9.59 Å². The number of amides is 2. The summed E-state index contributed by atoms with van der Waals surface area (Å²) in [5.74, 6) is 0.127. The van der Waals surface area contributed by atoms with Gasteiger partial charge in [-0.1, -0.05) is 13.8 Å². The van der Waals surface area contributed by atoms with Crippen LogP contribution in [0.4, 0.5) is 0 Å². The zero-order valence-electron chi connectivity index (χ0n) is 12.9. The molecule has 3 atom stereocenters. The van der Waals surface area contributed by atoms with E-state index in [0.29, 0.717) is 18.1 Å². The lowest BCUT2D eigenvalue weighted by atomic mass is 9.86. The van der Waals surface area contributed by atoms with Crippen LogP contribution in [0.3, 0.4) is 0 Å². The molecule has 2 aliphatic rings. The van der Waals surface area contributed by atoms with Gasteiger partial charge in [-0.05, 0) is 45.3 Å². The molecule has 0 bridgehead atoms. The first-order chi connectivity index (χ1) is 9.49. The van der Waals surface area contributed by atoms with Crippen LogP contribution in [0.25, 0.3) is 0 Å². The van der Waals surface area contributed by atoms with E-state index in [4.69, 9.17) is 0 Å². The summed E-state index contributed by atoms with van der Waals surface area (Å²) in [5, 5.41) is 3.60. The minimum atomic E-state index is -0.680. The zero-order chi connectivity index (χ0) is 14.9. The number of hydrogen-bond acceptors (Lipinski definition) is 3. The average Bonchev–Trinajstić information content (AvgIpc) is 2.92. The number of hydrogen-bond donors (Lipinski definition) is 1. The van der Waals surface area contributed by atoms with E-state index < -0.39 is 5.54 Å². The first kappa shape index (κ1) is 15.7. The van der Waals surface area contributed by atoms with Gasteiger partial charge < -0.3 is 10.2 Å². The van der Waals surface area contributed by atoms with Crippen LogP contribution < -0.4 is 5.32 Å². The molecule has 1 N–H and O–H groups in total. The van der Waals surface area contributed by atoms with Crippen molar-refractivity contribution in [3.8, 4) is 0 Å². The Morgan fingerprint density at radius 1 is 1.30 bits per heavy atom. The number of carbonyl (C=O) groups excluding carboxylic acids is 2. The van der Waals surface area contributed by atoms with Crippen molar-refractivity contribution in [3.63, 3.8) is 0 Å². The second-order valence-electron chi connectivity index (χ2n) is 5.99. The van der Waals surface area contributed by atoms with Gasteiger partial charge in [0.2, 0.25) is 11.8 Å². The molecule has 0 aromatic carbocycles. The minimum absolute atomic E-state index is 0.000835. The number of nitrogens with one attached hydrogen (secondary N) is 1. The lowest BCUT2D eigenvalue weighted by molar-refractivity contribution is -0.157. The molecule has 1 heterocycles. The molecule has 1 saturated heterocycles. The maximum absolute atomic E-state index is 13.0. The van der Waals surface area contributed by atoms with Crippen LogP contribution in [0.15, 0.2) is 0 Å². The summed E-state index contributed by atoms with van der Waals surface area (Å²) in [6.07, 6.45) is 6.65. The van der Waals surface area contributed by atoms with Gasteiger partial charge in [0.1, 0.15) is 11.6 Å². The largest absolute Gasteiger partial charge is 0.340 e. The topological polar surface area (TPSA) is 49.4 Å². The van der Waals surface area contributed by atoms with Crippen LogP contribution >= 0.6 is 11.8 Å². The molecule has 0 radical (unpaired) electrons. The van der Waals surface area contributed by atoms with E-state index in [1.54, 1.807) is 0 Å². The lowest BCUT2D eigenvalue weighted by Gasteiger charge is -2.47. The molecule has 5 heteroatoms. The molecule has 0 aromatic heterocycles. The fourth-order valence-corrected chi connectivity index (χ4v) is 4.32. The highest BCUT2D eigenvalue weighted by Gasteiger charge is 2.50. The number of carbonyl (C=O) groups is 2. The van der Waals surface area contributed by atoms with Crippen LogP contribution in [-0.2, 0) is 9.59 Å². The Labute approximate surface area is 126 Å². The number of thioether (sulfide) groups is 1. The van der Waals surface area contributed by atoms with E-state index in [1.807, 2.05) is 37.4 Å². The fraction of sp³-hybridized carbons (Fsp3) is 0.867. The molecule has 1 aliphatic carbocycles. The standard InChI is InChI=1S/C15H26N2O2S/c1-5-15(6-2)14(19)17(10(3)13(18)16-15)11-7-8-12(9-11)20-4/h10-12H,5-9H2,1-4H3,(H,16,18). The molecule has 3 unspecified atom stereocenters. The third-order valence-corrected chi connectivity index (χ3v) is 6.19. The number of nitrogens with zero attached hydrogens (tertiary/aromatic N) is 1. The number of piperazine rings is 1. The molecule has 1 aliphatic heterocycles. The Bertz CT molecular complexity index is 395. The van der Waals surface area contributed by atoms with E-state index in [9.17, 15) is 9.59 Å². The van der Waals surface area contributed by atoms with Crippen molar-refractivity contribution >= 4 is 23.6 Å². The highest BCUT2D eigenvalue weighted by atomic mass is 32.2.